The van der Waals surface area contributed by atoms with Crippen LogP contribution in [0.5, 0.6) is 11.5 Å². The van der Waals surface area contributed by atoms with E-state index in [-0.39, 0.29) is 0 Å². The van der Waals surface area contributed by atoms with Gasteiger partial charge in [0, 0.05) is 31.3 Å². The Morgan fingerprint density at radius 3 is 2.37 bits per heavy atom. The number of nitrogens with one attached hydrogen (secondary N) is 1. The molecule has 1 aromatic rings. The molecule has 0 amide bonds. The largest absolute Gasteiger partial charge is 0.497 e. The van der Waals surface area contributed by atoms with Crippen LogP contribution in [0.15, 0.2) is 18.2 Å². The first-order chi connectivity index (χ1) is 9.12. The molecule has 1 atom stereocenters. The summed E-state index contributed by atoms with van der Waals surface area (Å²) in [6.07, 6.45) is 0. The predicted molar refractivity (Wildman–Crippen MR) is 76.9 cm³/mol. The van der Waals surface area contributed by atoms with Gasteiger partial charge in [-0.2, -0.15) is 0 Å². The molecule has 0 radical (unpaired) electrons. The molecule has 1 unspecified atom stereocenters. The number of methoxy groups -OCH3 is 3. The first-order valence-electron chi connectivity index (χ1n) is 6.55. The molecule has 4 heteroatoms. The Labute approximate surface area is 116 Å². The Morgan fingerprint density at radius 2 is 1.84 bits per heavy atom. The quantitative estimate of drug-likeness (QED) is 0.785. The third-order valence-corrected chi connectivity index (χ3v) is 3.20. The van der Waals surface area contributed by atoms with E-state index in [1.54, 1.807) is 21.3 Å². The van der Waals surface area contributed by atoms with Gasteiger partial charge in [-0.25, -0.2) is 0 Å². The molecule has 0 spiro atoms. The minimum absolute atomic E-state index is 0.330. The van der Waals surface area contributed by atoms with Crippen LogP contribution in [0.3, 0.4) is 0 Å². The number of benzene rings is 1. The molecule has 4 nitrogen and oxygen atoms in total. The van der Waals surface area contributed by atoms with E-state index >= 15 is 0 Å². The molecule has 0 saturated carbocycles. The number of hydrogen-bond acceptors (Lipinski definition) is 4. The normalized spacial score (nSPS) is 12.5. The van der Waals surface area contributed by atoms with Crippen LogP contribution in [0.1, 0.15) is 19.4 Å². The molecule has 1 N–H and O–H groups in total. The average Bonchev–Trinajstić information content (AvgIpc) is 2.42. The Morgan fingerprint density at radius 1 is 1.11 bits per heavy atom. The first kappa shape index (κ1) is 15.8. The van der Waals surface area contributed by atoms with E-state index in [9.17, 15) is 0 Å². The zero-order valence-corrected chi connectivity index (χ0v) is 12.5. The minimum atomic E-state index is 0.330. The van der Waals surface area contributed by atoms with Crippen molar-refractivity contribution in [2.75, 3.05) is 27.9 Å². The topological polar surface area (TPSA) is 39.7 Å². The molecule has 0 bridgehead atoms. The SMILES string of the molecule is COCC(NCc1ccc(OC)cc1OC)C(C)C. The van der Waals surface area contributed by atoms with Gasteiger partial charge in [-0.15, -0.1) is 0 Å². The number of ether oxygens (including phenoxy) is 3. The van der Waals surface area contributed by atoms with Crippen LogP contribution in [-0.2, 0) is 11.3 Å². The fraction of sp³-hybridized carbons (Fsp3) is 0.600. The fourth-order valence-electron chi connectivity index (χ4n) is 1.91. The van der Waals surface area contributed by atoms with Crippen LogP contribution in [-0.4, -0.2) is 34.0 Å². The third kappa shape index (κ3) is 4.73. The van der Waals surface area contributed by atoms with Crippen molar-refractivity contribution in [3.05, 3.63) is 23.8 Å². The molecule has 0 aliphatic heterocycles. The molecule has 0 saturated heterocycles. The van der Waals surface area contributed by atoms with Crippen molar-refractivity contribution >= 4 is 0 Å². The van der Waals surface area contributed by atoms with Crippen LogP contribution in [0.2, 0.25) is 0 Å². The molecule has 19 heavy (non-hydrogen) atoms. The monoisotopic (exact) mass is 267 g/mol. The van der Waals surface area contributed by atoms with Crippen LogP contribution < -0.4 is 14.8 Å². The standard InChI is InChI=1S/C15H25NO3/c1-11(2)14(10-17-3)16-9-12-6-7-13(18-4)8-15(12)19-5/h6-8,11,14,16H,9-10H2,1-5H3. The van der Waals surface area contributed by atoms with Crippen molar-refractivity contribution < 1.29 is 14.2 Å². The van der Waals surface area contributed by atoms with Crippen molar-refractivity contribution in [2.24, 2.45) is 5.92 Å². The van der Waals surface area contributed by atoms with Crippen molar-refractivity contribution in [3.63, 3.8) is 0 Å². The van der Waals surface area contributed by atoms with E-state index in [2.05, 4.69) is 19.2 Å². The second-order valence-corrected chi connectivity index (χ2v) is 4.86. The smallest absolute Gasteiger partial charge is 0.127 e. The van der Waals surface area contributed by atoms with Gasteiger partial charge in [0.15, 0.2) is 0 Å². The van der Waals surface area contributed by atoms with E-state index in [0.717, 1.165) is 23.6 Å². The van der Waals surface area contributed by atoms with E-state index in [0.29, 0.717) is 18.6 Å². The average molecular weight is 267 g/mol. The van der Waals surface area contributed by atoms with E-state index < -0.39 is 0 Å². The Bertz CT molecular complexity index is 380. The molecule has 0 aliphatic carbocycles. The first-order valence-corrected chi connectivity index (χ1v) is 6.55. The van der Waals surface area contributed by atoms with Crippen LogP contribution in [0, 0.1) is 5.92 Å². The highest BCUT2D eigenvalue weighted by Crippen LogP contribution is 2.24. The van der Waals surface area contributed by atoms with E-state index in [4.69, 9.17) is 14.2 Å². The van der Waals surface area contributed by atoms with Crippen molar-refractivity contribution in [1.29, 1.82) is 0 Å². The summed E-state index contributed by atoms with van der Waals surface area (Å²) in [6.45, 7) is 5.82. The second kappa shape index (κ2) is 8.02. The summed E-state index contributed by atoms with van der Waals surface area (Å²) in [4.78, 5) is 0. The van der Waals surface area contributed by atoms with Gasteiger partial charge in [0.25, 0.3) is 0 Å². The Hall–Kier alpha value is -1.26. The van der Waals surface area contributed by atoms with Crippen LogP contribution in [0.25, 0.3) is 0 Å². The number of hydrogen-bond donors (Lipinski definition) is 1. The van der Waals surface area contributed by atoms with Gasteiger partial charge in [-0.1, -0.05) is 19.9 Å². The zero-order valence-electron chi connectivity index (χ0n) is 12.5. The van der Waals surface area contributed by atoms with Crippen LogP contribution in [0.4, 0.5) is 0 Å². The lowest BCUT2D eigenvalue weighted by Crippen LogP contribution is -2.37. The lowest BCUT2D eigenvalue weighted by Gasteiger charge is -2.22. The molecule has 1 aromatic carbocycles. The zero-order chi connectivity index (χ0) is 14.3. The molecule has 0 fully saturated rings. The van der Waals surface area contributed by atoms with Gasteiger partial charge in [0.05, 0.1) is 20.8 Å². The van der Waals surface area contributed by atoms with Crippen molar-refractivity contribution in [2.45, 2.75) is 26.4 Å². The summed E-state index contributed by atoms with van der Waals surface area (Å²) in [5.74, 6) is 2.16. The van der Waals surface area contributed by atoms with Gasteiger partial charge < -0.3 is 19.5 Å². The summed E-state index contributed by atoms with van der Waals surface area (Å²) in [6, 6.07) is 6.20. The van der Waals surface area contributed by atoms with Crippen molar-refractivity contribution in [3.8, 4) is 11.5 Å². The molecule has 0 heterocycles. The number of rotatable bonds is 8. The van der Waals surface area contributed by atoms with Gasteiger partial charge in [-0.3, -0.25) is 0 Å². The Balaban J connectivity index is 2.70. The highest BCUT2D eigenvalue weighted by molar-refractivity contribution is 5.40. The van der Waals surface area contributed by atoms with Crippen LogP contribution >= 0.6 is 0 Å². The summed E-state index contributed by atoms with van der Waals surface area (Å²) < 4.78 is 15.8. The maximum Gasteiger partial charge on any atom is 0.127 e. The third-order valence-electron chi connectivity index (χ3n) is 3.20. The minimum Gasteiger partial charge on any atom is -0.497 e. The molecule has 0 aromatic heterocycles. The lowest BCUT2D eigenvalue weighted by atomic mass is 10.0. The summed E-state index contributed by atoms with van der Waals surface area (Å²) in [7, 11) is 5.05. The van der Waals surface area contributed by atoms with E-state index in [1.807, 2.05) is 18.2 Å². The molecular weight excluding hydrogens is 242 g/mol. The predicted octanol–water partition coefficient (Wildman–Crippen LogP) is 2.46. The van der Waals surface area contributed by atoms with Gasteiger partial charge in [0.1, 0.15) is 11.5 Å². The lowest BCUT2D eigenvalue weighted by molar-refractivity contribution is 0.146. The highest BCUT2D eigenvalue weighted by Gasteiger charge is 2.13. The Kier molecular flexibility index (Phi) is 6.67. The molecule has 0 aliphatic rings. The van der Waals surface area contributed by atoms with Crippen molar-refractivity contribution in [1.82, 2.24) is 5.32 Å². The maximum atomic E-state index is 5.39. The summed E-state index contributed by atoms with van der Waals surface area (Å²) in [5.41, 5.74) is 1.12. The van der Waals surface area contributed by atoms with E-state index in [1.165, 1.54) is 0 Å². The highest BCUT2D eigenvalue weighted by atomic mass is 16.5. The van der Waals surface area contributed by atoms with Gasteiger partial charge in [-0.05, 0) is 12.0 Å². The summed E-state index contributed by atoms with van der Waals surface area (Å²) >= 11 is 0. The molecule has 108 valence electrons. The maximum absolute atomic E-state index is 5.39. The molecular formula is C15H25NO3. The fourth-order valence-corrected chi connectivity index (χ4v) is 1.91. The van der Waals surface area contributed by atoms with Gasteiger partial charge in [0.2, 0.25) is 0 Å². The van der Waals surface area contributed by atoms with Gasteiger partial charge >= 0.3 is 0 Å². The second-order valence-electron chi connectivity index (χ2n) is 4.86. The molecule has 1 rings (SSSR count). The summed E-state index contributed by atoms with van der Waals surface area (Å²) in [5, 5.41) is 3.50.